The van der Waals surface area contributed by atoms with Crippen LogP contribution in [-0.2, 0) is 11.0 Å². The fraction of sp³-hybridized carbons (Fsp3) is 0.129. The first-order valence-corrected chi connectivity index (χ1v) is 12.9. The summed E-state index contributed by atoms with van der Waals surface area (Å²) in [7, 11) is 0. The summed E-state index contributed by atoms with van der Waals surface area (Å²) in [5.41, 5.74) is 3.72. The first-order chi connectivity index (χ1) is 18.6. The summed E-state index contributed by atoms with van der Waals surface area (Å²) in [4.78, 5) is 11.7. The van der Waals surface area contributed by atoms with Crippen molar-refractivity contribution in [3.05, 3.63) is 125 Å². The number of halogens is 4. The minimum Gasteiger partial charge on any atom is -0.482 e. The van der Waals surface area contributed by atoms with Crippen molar-refractivity contribution < 1.29 is 32.2 Å². The van der Waals surface area contributed by atoms with Crippen molar-refractivity contribution in [1.29, 1.82) is 0 Å². The van der Waals surface area contributed by atoms with E-state index in [0.29, 0.717) is 22.6 Å². The highest BCUT2D eigenvalue weighted by Gasteiger charge is 2.30. The smallest absolute Gasteiger partial charge is 0.416 e. The second-order valence-corrected chi connectivity index (χ2v) is 9.79. The van der Waals surface area contributed by atoms with Gasteiger partial charge in [0.15, 0.2) is 6.61 Å². The predicted octanol–water partition coefficient (Wildman–Crippen LogP) is 8.51. The Hall–Kier alpha value is -4.04. The first kappa shape index (κ1) is 28.0. The molecule has 0 aliphatic carbocycles. The number of rotatable bonds is 9. The topological polar surface area (TPSA) is 46.5 Å². The number of carbonyl (C=O) groups is 1. The summed E-state index contributed by atoms with van der Waals surface area (Å²) in [6.45, 7) is 1.43. The van der Waals surface area contributed by atoms with E-state index < -0.39 is 24.3 Å². The zero-order valence-corrected chi connectivity index (χ0v) is 21.7. The normalized spacial score (nSPS) is 11.9. The summed E-state index contributed by atoms with van der Waals surface area (Å²) in [6.07, 6.45) is -2.40. The molecule has 4 aromatic carbocycles. The molecule has 0 aliphatic rings. The van der Waals surface area contributed by atoms with Gasteiger partial charge in [0.1, 0.15) is 11.6 Å². The molecule has 0 fully saturated rings. The molecule has 0 unspecified atom stereocenters. The summed E-state index contributed by atoms with van der Waals surface area (Å²) < 4.78 is 58.3. The lowest BCUT2D eigenvalue weighted by Crippen LogP contribution is -2.09. The van der Waals surface area contributed by atoms with Crippen molar-refractivity contribution >= 4 is 23.3 Å². The Kier molecular flexibility index (Phi) is 8.76. The van der Waals surface area contributed by atoms with Gasteiger partial charge in [0.25, 0.3) is 0 Å². The van der Waals surface area contributed by atoms with Crippen molar-refractivity contribution in [2.75, 3.05) is 12.4 Å². The van der Waals surface area contributed by atoms with Crippen LogP contribution in [0.25, 0.3) is 16.7 Å². The number of ether oxygens (including phenoxy) is 1. The van der Waals surface area contributed by atoms with Crippen molar-refractivity contribution in [2.24, 2.45) is 0 Å². The molecule has 4 rings (SSSR count). The lowest BCUT2D eigenvalue weighted by atomic mass is 9.95. The average Bonchev–Trinajstić information content (AvgIpc) is 2.91. The number of hydrogen-bond donors (Lipinski definition) is 1. The third-order valence-corrected chi connectivity index (χ3v) is 6.83. The second kappa shape index (κ2) is 12.2. The van der Waals surface area contributed by atoms with Gasteiger partial charge in [0.2, 0.25) is 0 Å². The Morgan fingerprint density at radius 2 is 1.56 bits per heavy atom. The molecule has 8 heteroatoms. The minimum absolute atomic E-state index is 0.354. The minimum atomic E-state index is -4.42. The van der Waals surface area contributed by atoms with Crippen LogP contribution >= 0.6 is 11.8 Å². The molecule has 0 saturated heterocycles. The molecule has 0 heterocycles. The number of carboxylic acids is 1. The van der Waals surface area contributed by atoms with Crippen molar-refractivity contribution in [2.45, 2.75) is 18.0 Å². The zero-order chi connectivity index (χ0) is 28.0. The van der Waals surface area contributed by atoms with Crippen LogP contribution < -0.4 is 4.74 Å². The van der Waals surface area contributed by atoms with Crippen LogP contribution in [-0.4, -0.2) is 23.4 Å². The van der Waals surface area contributed by atoms with Gasteiger partial charge < -0.3 is 9.84 Å². The molecule has 0 atom stereocenters. The van der Waals surface area contributed by atoms with Crippen LogP contribution in [0.2, 0.25) is 0 Å². The SMILES string of the molecule is Cc1cc(SC/C=C(\c2ccc(F)cc2)c2ccc(-c3cccc(C(F)(F)F)c3)cc2)ccc1OCC(=O)O. The Balaban J connectivity index is 1.57. The molecule has 0 aromatic heterocycles. The average molecular weight is 553 g/mol. The summed E-state index contributed by atoms with van der Waals surface area (Å²) >= 11 is 1.56. The summed E-state index contributed by atoms with van der Waals surface area (Å²) in [5, 5.41) is 8.81. The predicted molar refractivity (Wildman–Crippen MR) is 145 cm³/mol. The van der Waals surface area contributed by atoms with Crippen LogP contribution in [0.15, 0.2) is 102 Å². The number of alkyl halides is 3. The van der Waals surface area contributed by atoms with E-state index in [1.54, 1.807) is 48.2 Å². The number of benzene rings is 4. The van der Waals surface area contributed by atoms with E-state index in [1.807, 2.05) is 37.3 Å². The maximum Gasteiger partial charge on any atom is 0.416 e. The third-order valence-electron chi connectivity index (χ3n) is 5.91. The molecule has 0 bridgehead atoms. The number of aliphatic carboxylic acids is 1. The Morgan fingerprint density at radius 3 is 2.18 bits per heavy atom. The molecule has 39 heavy (non-hydrogen) atoms. The molecule has 0 aliphatic heterocycles. The molecule has 0 spiro atoms. The number of thioether (sulfide) groups is 1. The van der Waals surface area contributed by atoms with Crippen LogP contribution in [0, 0.1) is 12.7 Å². The molecule has 0 radical (unpaired) electrons. The van der Waals surface area contributed by atoms with Gasteiger partial charge in [0.05, 0.1) is 5.56 Å². The molecule has 200 valence electrons. The van der Waals surface area contributed by atoms with Crippen LogP contribution in [0.4, 0.5) is 17.6 Å². The van der Waals surface area contributed by atoms with Gasteiger partial charge >= 0.3 is 12.1 Å². The van der Waals surface area contributed by atoms with Gasteiger partial charge in [-0.25, -0.2) is 9.18 Å². The number of carboxylic acid groups (broad SMARTS) is 1. The van der Waals surface area contributed by atoms with Crippen molar-refractivity contribution in [3.8, 4) is 16.9 Å². The molecular weight excluding hydrogens is 528 g/mol. The van der Waals surface area contributed by atoms with Gasteiger partial charge in [-0.1, -0.05) is 54.6 Å². The molecule has 3 nitrogen and oxygen atoms in total. The van der Waals surface area contributed by atoms with Crippen LogP contribution in [0.1, 0.15) is 22.3 Å². The van der Waals surface area contributed by atoms with E-state index in [1.165, 1.54) is 18.2 Å². The van der Waals surface area contributed by atoms with E-state index in [0.717, 1.165) is 39.3 Å². The van der Waals surface area contributed by atoms with Gasteiger partial charge in [0, 0.05) is 10.6 Å². The van der Waals surface area contributed by atoms with Gasteiger partial charge in [-0.3, -0.25) is 0 Å². The second-order valence-electron chi connectivity index (χ2n) is 8.70. The standard InChI is InChI=1S/C31H24F4O3S/c1-20-17-27(13-14-29(20)38-19-30(36)37)39-16-15-28(23-9-11-26(32)12-10-23)22-7-5-21(6-8-22)24-3-2-4-25(18-24)31(33,34)35/h2-15,17-18H,16,19H2,1H3,(H,36,37)/b28-15-. The molecule has 0 saturated carbocycles. The molecule has 4 aromatic rings. The van der Waals surface area contributed by atoms with Crippen LogP contribution in [0.5, 0.6) is 5.75 Å². The van der Waals surface area contributed by atoms with E-state index in [9.17, 15) is 22.4 Å². The maximum atomic E-state index is 13.6. The first-order valence-electron chi connectivity index (χ1n) is 11.9. The highest BCUT2D eigenvalue weighted by Crippen LogP contribution is 2.33. The van der Waals surface area contributed by atoms with E-state index in [-0.39, 0.29) is 5.82 Å². The summed E-state index contributed by atoms with van der Waals surface area (Å²) in [5.74, 6) is -0.316. The molecule has 0 amide bonds. The maximum absolute atomic E-state index is 13.6. The fourth-order valence-electron chi connectivity index (χ4n) is 3.98. The Morgan fingerprint density at radius 1 is 0.897 bits per heavy atom. The largest absolute Gasteiger partial charge is 0.482 e. The Labute approximate surface area is 227 Å². The number of aryl methyl sites for hydroxylation is 1. The zero-order valence-electron chi connectivity index (χ0n) is 20.8. The summed E-state index contributed by atoms with van der Waals surface area (Å²) in [6, 6.07) is 24.1. The van der Waals surface area contributed by atoms with Crippen LogP contribution in [0.3, 0.4) is 0 Å². The van der Waals surface area contributed by atoms with Crippen molar-refractivity contribution in [1.82, 2.24) is 0 Å². The van der Waals surface area contributed by atoms with Gasteiger partial charge in [-0.2, -0.15) is 13.2 Å². The Bertz CT molecular complexity index is 1480. The fourth-order valence-corrected chi connectivity index (χ4v) is 4.85. The molecular formula is C31H24F4O3S. The van der Waals surface area contributed by atoms with E-state index in [2.05, 4.69) is 0 Å². The lowest BCUT2D eigenvalue weighted by Gasteiger charge is -2.12. The van der Waals surface area contributed by atoms with E-state index >= 15 is 0 Å². The van der Waals surface area contributed by atoms with Crippen molar-refractivity contribution in [3.63, 3.8) is 0 Å². The highest BCUT2D eigenvalue weighted by atomic mass is 32.2. The lowest BCUT2D eigenvalue weighted by molar-refractivity contribution is -0.139. The quantitative estimate of drug-likeness (QED) is 0.167. The monoisotopic (exact) mass is 552 g/mol. The van der Waals surface area contributed by atoms with E-state index in [4.69, 9.17) is 9.84 Å². The number of hydrogen-bond acceptors (Lipinski definition) is 3. The molecule has 1 N–H and O–H groups in total. The van der Waals surface area contributed by atoms with Gasteiger partial charge in [-0.15, -0.1) is 11.8 Å². The third kappa shape index (κ3) is 7.51. The highest BCUT2D eigenvalue weighted by molar-refractivity contribution is 7.99. The van der Waals surface area contributed by atoms with Gasteiger partial charge in [-0.05, 0) is 82.8 Å².